The van der Waals surface area contributed by atoms with Crippen molar-refractivity contribution in [3.8, 4) is 0 Å². The van der Waals surface area contributed by atoms with Crippen LogP contribution in [0.25, 0.3) is 0 Å². The summed E-state index contributed by atoms with van der Waals surface area (Å²) in [4.78, 5) is 62.6. The van der Waals surface area contributed by atoms with Gasteiger partial charge < -0.3 is 30.2 Å². The first-order valence-electron chi connectivity index (χ1n) is 13.9. The predicted octanol–water partition coefficient (Wildman–Crippen LogP) is 2.75. The number of esters is 2. The second-order valence-electron chi connectivity index (χ2n) is 11.8. The number of rotatable bonds is 12. The molecule has 3 rings (SSSR count). The van der Waals surface area contributed by atoms with Crippen LogP contribution in [0.4, 0.5) is 9.18 Å². The minimum atomic E-state index is -1.10. The van der Waals surface area contributed by atoms with Crippen LogP contribution in [0.3, 0.4) is 0 Å². The number of amides is 3. The van der Waals surface area contributed by atoms with E-state index in [2.05, 4.69) is 16.0 Å². The Bertz CT molecular complexity index is 1150. The molecule has 11 nitrogen and oxygen atoms in total. The molecule has 1 saturated carbocycles. The van der Waals surface area contributed by atoms with Gasteiger partial charge in [-0.25, -0.2) is 14.0 Å². The van der Waals surface area contributed by atoms with Gasteiger partial charge in [0, 0.05) is 6.04 Å². The molecular formula is C29H40FN3O8. The number of cyclic esters (lactones) is 1. The van der Waals surface area contributed by atoms with Crippen LogP contribution in [0, 0.1) is 23.6 Å². The van der Waals surface area contributed by atoms with Crippen LogP contribution in [0.1, 0.15) is 66.4 Å². The van der Waals surface area contributed by atoms with E-state index in [1.54, 1.807) is 26.8 Å². The average Bonchev–Trinajstić information content (AvgIpc) is 3.60. The molecule has 1 heterocycles. The summed E-state index contributed by atoms with van der Waals surface area (Å²) < 4.78 is 29.2. The molecule has 2 fully saturated rings. The number of hydrogen-bond donors (Lipinski definition) is 3. The number of halogens is 1. The third-order valence-electron chi connectivity index (χ3n) is 7.14. The Morgan fingerprint density at radius 2 is 1.85 bits per heavy atom. The lowest BCUT2D eigenvalue weighted by Crippen LogP contribution is -2.56. The smallest absolute Gasteiger partial charge is 0.408 e. The molecule has 0 aromatic heterocycles. The number of hydrogen-bond acceptors (Lipinski definition) is 8. The van der Waals surface area contributed by atoms with E-state index < -0.39 is 53.5 Å². The van der Waals surface area contributed by atoms with Gasteiger partial charge in [-0.2, -0.15) is 0 Å². The minimum Gasteiger partial charge on any atom is -0.459 e. The van der Waals surface area contributed by atoms with Gasteiger partial charge >= 0.3 is 18.0 Å². The normalized spacial score (nSPS) is 23.5. The zero-order valence-corrected chi connectivity index (χ0v) is 24.3. The Labute approximate surface area is 239 Å². The average molecular weight is 578 g/mol. The second kappa shape index (κ2) is 13.3. The largest absolute Gasteiger partial charge is 0.459 e. The van der Waals surface area contributed by atoms with Crippen molar-refractivity contribution >= 4 is 29.8 Å². The van der Waals surface area contributed by atoms with E-state index in [0.29, 0.717) is 12.0 Å². The van der Waals surface area contributed by atoms with Gasteiger partial charge in [0.25, 0.3) is 5.91 Å². The van der Waals surface area contributed by atoms with E-state index in [0.717, 1.165) is 6.42 Å². The van der Waals surface area contributed by atoms with Crippen molar-refractivity contribution in [3.63, 3.8) is 0 Å². The monoisotopic (exact) mass is 577 g/mol. The van der Waals surface area contributed by atoms with E-state index >= 15 is 0 Å². The lowest BCUT2D eigenvalue weighted by Gasteiger charge is -2.37. The van der Waals surface area contributed by atoms with Gasteiger partial charge in [0.05, 0.1) is 0 Å². The number of nitrogens with one attached hydrogen (secondary N) is 3. The molecule has 0 radical (unpaired) electrons. The maximum Gasteiger partial charge on any atom is 0.408 e. The number of carbonyl (C=O) groups is 5. The Morgan fingerprint density at radius 1 is 1.15 bits per heavy atom. The summed E-state index contributed by atoms with van der Waals surface area (Å²) >= 11 is 0. The highest BCUT2D eigenvalue weighted by atomic mass is 19.1. The van der Waals surface area contributed by atoms with Gasteiger partial charge in [-0.3, -0.25) is 14.4 Å². The summed E-state index contributed by atoms with van der Waals surface area (Å²) in [5.74, 6) is -3.26. The summed E-state index contributed by atoms with van der Waals surface area (Å²) in [6.07, 6.45) is -0.198. The van der Waals surface area contributed by atoms with Crippen LogP contribution >= 0.6 is 0 Å². The Kier molecular flexibility index (Phi) is 10.3. The molecule has 0 bridgehead atoms. The maximum atomic E-state index is 13.5. The zero-order valence-electron chi connectivity index (χ0n) is 24.3. The topological polar surface area (TPSA) is 149 Å². The highest BCUT2D eigenvalue weighted by molar-refractivity contribution is 5.94. The van der Waals surface area contributed by atoms with Crippen LogP contribution in [0.5, 0.6) is 0 Å². The van der Waals surface area contributed by atoms with Crippen LogP contribution < -0.4 is 16.0 Å². The van der Waals surface area contributed by atoms with Gasteiger partial charge in [-0.15, -0.1) is 0 Å². The standard InChI is InChI=1S/C29H40FN3O8/c1-7-15(2)22-23(40-27(22)37)25(35)32-20-12-18(20)13-21(26(36)39-14-17-9-8-10-19(30)11-17)33-24(34)16(3)31-28(38)41-29(4,5)6/h8-11,15-16,18,20-23H,7,12-14H2,1-6H3,(H,31,38)(H,32,35)(H,33,34). The maximum absolute atomic E-state index is 13.5. The molecule has 7 unspecified atom stereocenters. The highest BCUT2D eigenvalue weighted by Gasteiger charge is 2.51. The second-order valence-corrected chi connectivity index (χ2v) is 11.8. The van der Waals surface area contributed by atoms with Crippen molar-refractivity contribution in [1.29, 1.82) is 0 Å². The summed E-state index contributed by atoms with van der Waals surface area (Å²) in [7, 11) is 0. The molecule has 1 aromatic carbocycles. The van der Waals surface area contributed by atoms with Crippen molar-refractivity contribution in [3.05, 3.63) is 35.6 Å². The molecule has 1 aliphatic heterocycles. The fraction of sp³-hybridized carbons (Fsp3) is 0.621. The molecule has 226 valence electrons. The number of carbonyl (C=O) groups excluding carboxylic acids is 5. The SMILES string of the molecule is CCC(C)C1C(=O)OC1C(=O)NC1CC1CC(NC(=O)C(C)NC(=O)OC(C)(C)C)C(=O)OCc1cccc(F)c1. The van der Waals surface area contributed by atoms with Crippen molar-refractivity contribution < 1.29 is 42.6 Å². The van der Waals surface area contributed by atoms with Crippen LogP contribution in [0.15, 0.2) is 24.3 Å². The summed E-state index contributed by atoms with van der Waals surface area (Å²) in [6.45, 7) is 10.1. The Hall–Kier alpha value is -3.70. The van der Waals surface area contributed by atoms with Gasteiger partial charge in [0.1, 0.15) is 36.0 Å². The first-order valence-corrected chi connectivity index (χ1v) is 13.9. The number of ether oxygens (including phenoxy) is 3. The quantitative estimate of drug-likeness (QED) is 0.254. The molecule has 1 aromatic rings. The molecule has 3 N–H and O–H groups in total. The van der Waals surface area contributed by atoms with E-state index in [9.17, 15) is 28.4 Å². The number of alkyl carbamates (subject to hydrolysis) is 1. The Morgan fingerprint density at radius 3 is 2.46 bits per heavy atom. The molecule has 12 heteroatoms. The van der Waals surface area contributed by atoms with Crippen molar-refractivity contribution in [2.75, 3.05) is 0 Å². The van der Waals surface area contributed by atoms with Gasteiger partial charge in [0.15, 0.2) is 6.10 Å². The van der Waals surface area contributed by atoms with Gasteiger partial charge in [-0.05, 0) is 70.1 Å². The molecule has 2 aliphatic rings. The van der Waals surface area contributed by atoms with Gasteiger partial charge in [0.2, 0.25) is 5.91 Å². The lowest BCUT2D eigenvalue weighted by molar-refractivity contribution is -0.193. The molecule has 1 aliphatic carbocycles. The number of benzene rings is 1. The highest BCUT2D eigenvalue weighted by Crippen LogP contribution is 2.37. The van der Waals surface area contributed by atoms with E-state index in [4.69, 9.17) is 14.2 Å². The lowest BCUT2D eigenvalue weighted by atomic mass is 9.83. The van der Waals surface area contributed by atoms with E-state index in [-0.39, 0.29) is 42.8 Å². The molecular weight excluding hydrogens is 537 g/mol. The third-order valence-corrected chi connectivity index (χ3v) is 7.14. The summed E-state index contributed by atoms with van der Waals surface area (Å²) in [5.41, 5.74) is -0.327. The Balaban J connectivity index is 1.60. The fourth-order valence-corrected chi connectivity index (χ4v) is 4.52. The van der Waals surface area contributed by atoms with Gasteiger partial charge in [-0.1, -0.05) is 32.4 Å². The van der Waals surface area contributed by atoms with Crippen LogP contribution in [-0.4, -0.2) is 59.7 Å². The van der Waals surface area contributed by atoms with Crippen molar-refractivity contribution in [2.24, 2.45) is 17.8 Å². The third kappa shape index (κ3) is 9.15. The zero-order chi connectivity index (χ0) is 30.5. The predicted molar refractivity (Wildman–Crippen MR) is 144 cm³/mol. The van der Waals surface area contributed by atoms with Crippen LogP contribution in [0.2, 0.25) is 0 Å². The minimum absolute atomic E-state index is 0.00531. The molecule has 0 spiro atoms. The summed E-state index contributed by atoms with van der Waals surface area (Å²) in [5, 5.41) is 7.92. The van der Waals surface area contributed by atoms with E-state index in [1.807, 2.05) is 13.8 Å². The first kappa shape index (κ1) is 31.8. The van der Waals surface area contributed by atoms with E-state index in [1.165, 1.54) is 25.1 Å². The molecule has 7 atom stereocenters. The fourth-order valence-electron chi connectivity index (χ4n) is 4.52. The van der Waals surface area contributed by atoms with Crippen LogP contribution in [-0.2, 0) is 40.0 Å². The van der Waals surface area contributed by atoms with Crippen molar-refractivity contribution in [2.45, 2.75) is 97.2 Å². The first-order chi connectivity index (χ1) is 19.2. The summed E-state index contributed by atoms with van der Waals surface area (Å²) in [6, 6.07) is 3.20. The molecule has 3 amide bonds. The molecule has 41 heavy (non-hydrogen) atoms. The molecule has 1 saturated heterocycles. The van der Waals surface area contributed by atoms with Crippen molar-refractivity contribution in [1.82, 2.24) is 16.0 Å².